The highest BCUT2D eigenvalue weighted by atomic mass is 14.8. The minimum Gasteiger partial charge on any atom is -0.319 e. The second-order valence-electron chi connectivity index (χ2n) is 2.69. The minimum absolute atomic E-state index is 0.219. The Morgan fingerprint density at radius 2 is 2.18 bits per heavy atom. The van der Waals surface area contributed by atoms with Gasteiger partial charge in [0, 0.05) is 10.7 Å². The Kier molecular flexibility index (Phi) is 1.86. The summed E-state index contributed by atoms with van der Waals surface area (Å²) in [4.78, 5) is 0. The average molecular weight is 152 g/mol. The first-order valence-electron chi connectivity index (χ1n) is 5.29. The van der Waals surface area contributed by atoms with E-state index in [1.54, 1.807) is 0 Å². The Balaban J connectivity index is 2.48. The number of likely N-dealkylation sites (N-methyl/N-ethyl adjacent to an activating group) is 1. The summed E-state index contributed by atoms with van der Waals surface area (Å²) in [7, 11) is 0. The summed E-state index contributed by atoms with van der Waals surface area (Å²) in [5, 5.41) is 2.52. The molecule has 0 fully saturated rings. The van der Waals surface area contributed by atoms with E-state index in [-0.39, 0.29) is 5.92 Å². The summed E-state index contributed by atoms with van der Waals surface area (Å²) in [5.74, 6) is 0.219. The predicted octanol–water partition coefficient (Wildman–Crippen LogP) is 2.01. The van der Waals surface area contributed by atoms with Crippen molar-refractivity contribution in [2.24, 2.45) is 0 Å². The van der Waals surface area contributed by atoms with E-state index in [4.69, 9.17) is 4.11 Å². The van der Waals surface area contributed by atoms with Crippen molar-refractivity contribution in [3.8, 4) is 0 Å². The summed E-state index contributed by atoms with van der Waals surface area (Å²) in [6.07, 6.45) is 0. The Hall–Kier alpha value is -0.820. The maximum Gasteiger partial charge on any atom is 0.0391 e. The van der Waals surface area contributed by atoms with Crippen molar-refractivity contribution in [3.63, 3.8) is 0 Å². The zero-order chi connectivity index (χ0) is 10.6. The molecule has 0 saturated carbocycles. The van der Waals surface area contributed by atoms with E-state index in [0.29, 0.717) is 6.54 Å². The molecule has 1 N–H and O–H groups in total. The van der Waals surface area contributed by atoms with E-state index in [0.717, 1.165) is 5.56 Å². The molecule has 0 amide bonds. The molecule has 0 aliphatic heterocycles. The van der Waals surface area contributed by atoms with Gasteiger partial charge in [0.15, 0.2) is 0 Å². The van der Waals surface area contributed by atoms with Gasteiger partial charge in [-0.2, -0.15) is 0 Å². The molecule has 60 valence electrons. The van der Waals surface area contributed by atoms with Crippen molar-refractivity contribution in [2.45, 2.75) is 12.8 Å². The van der Waals surface area contributed by atoms with Crippen LogP contribution in [0.25, 0.3) is 0 Å². The fraction of sp³-hybridized carbons (Fsp3) is 0.400. The summed E-state index contributed by atoms with van der Waals surface area (Å²) < 4.78 is 21.0. The van der Waals surface area contributed by atoms with Crippen LogP contribution in [0.5, 0.6) is 0 Å². The van der Waals surface area contributed by atoms with Crippen molar-refractivity contribution in [3.05, 3.63) is 35.9 Å². The van der Waals surface area contributed by atoms with Gasteiger partial charge in [-0.25, -0.2) is 0 Å². The van der Waals surface area contributed by atoms with Crippen LogP contribution in [0.2, 0.25) is 0 Å². The second kappa shape index (κ2) is 4.14. The van der Waals surface area contributed by atoms with Crippen LogP contribution < -0.4 is 5.32 Å². The molecular weight excluding hydrogens is 134 g/mol. The number of hydrogen-bond acceptors (Lipinski definition) is 1. The van der Waals surface area contributed by atoms with Gasteiger partial charge in [-0.05, 0) is 18.5 Å². The van der Waals surface area contributed by atoms with Gasteiger partial charge >= 0.3 is 0 Å². The molecule has 1 aromatic rings. The SMILES string of the molecule is [2H]C([2H])([2H])NCC(C)c1ccccc1. The molecule has 0 aliphatic carbocycles. The van der Waals surface area contributed by atoms with Gasteiger partial charge in [0.25, 0.3) is 0 Å². The molecule has 0 aliphatic rings. The molecule has 1 nitrogen and oxygen atoms in total. The molecule has 0 spiro atoms. The van der Waals surface area contributed by atoms with Crippen LogP contribution >= 0.6 is 0 Å². The largest absolute Gasteiger partial charge is 0.319 e. The summed E-state index contributed by atoms with van der Waals surface area (Å²) >= 11 is 0. The van der Waals surface area contributed by atoms with Crippen LogP contribution in [-0.4, -0.2) is 13.5 Å². The lowest BCUT2D eigenvalue weighted by Gasteiger charge is -2.09. The van der Waals surface area contributed by atoms with E-state index in [1.807, 2.05) is 37.3 Å². The molecule has 11 heavy (non-hydrogen) atoms. The number of nitrogens with one attached hydrogen (secondary N) is 1. The van der Waals surface area contributed by atoms with Gasteiger partial charge in [-0.3, -0.25) is 0 Å². The monoisotopic (exact) mass is 152 g/mol. The van der Waals surface area contributed by atoms with Gasteiger partial charge < -0.3 is 5.32 Å². The summed E-state index contributed by atoms with van der Waals surface area (Å²) in [5.41, 5.74) is 1.16. The second-order valence-corrected chi connectivity index (χ2v) is 2.69. The highest BCUT2D eigenvalue weighted by Crippen LogP contribution is 2.12. The standard InChI is InChI=1S/C10H15N/c1-9(8-11-2)10-6-4-3-5-7-10/h3-7,9,11H,8H2,1-2H3/i2D3. The van der Waals surface area contributed by atoms with Crippen LogP contribution in [0.15, 0.2) is 30.3 Å². The van der Waals surface area contributed by atoms with Crippen molar-refractivity contribution in [1.29, 1.82) is 0 Å². The average Bonchev–Trinajstić information content (AvgIpc) is 2.14. The van der Waals surface area contributed by atoms with Crippen LogP contribution in [-0.2, 0) is 0 Å². The van der Waals surface area contributed by atoms with Crippen LogP contribution in [0.1, 0.15) is 22.5 Å². The third-order valence-corrected chi connectivity index (χ3v) is 1.78. The lowest BCUT2D eigenvalue weighted by Crippen LogP contribution is -2.14. The van der Waals surface area contributed by atoms with Crippen molar-refractivity contribution >= 4 is 0 Å². The lowest BCUT2D eigenvalue weighted by atomic mass is 10.0. The molecular formula is C10H15N. The maximum atomic E-state index is 7.01. The summed E-state index contributed by atoms with van der Waals surface area (Å²) in [6.45, 7) is 0.442. The molecule has 1 unspecified atom stereocenters. The van der Waals surface area contributed by atoms with Crippen molar-refractivity contribution in [2.75, 3.05) is 13.5 Å². The zero-order valence-electron chi connectivity index (χ0n) is 9.67. The van der Waals surface area contributed by atoms with E-state index < -0.39 is 6.98 Å². The Morgan fingerprint density at radius 1 is 1.45 bits per heavy atom. The number of rotatable bonds is 3. The Morgan fingerprint density at radius 3 is 2.82 bits per heavy atom. The summed E-state index contributed by atoms with van der Waals surface area (Å²) in [6, 6.07) is 9.88. The fourth-order valence-electron chi connectivity index (χ4n) is 1.05. The van der Waals surface area contributed by atoms with Crippen molar-refractivity contribution in [1.82, 2.24) is 5.32 Å². The normalized spacial score (nSPS) is 18.1. The first-order chi connectivity index (χ1) is 6.49. The van der Waals surface area contributed by atoms with Crippen LogP contribution in [0.4, 0.5) is 0 Å². The zero-order valence-corrected chi connectivity index (χ0v) is 6.67. The third-order valence-electron chi connectivity index (χ3n) is 1.78. The highest BCUT2D eigenvalue weighted by Gasteiger charge is 2.01. The van der Waals surface area contributed by atoms with E-state index in [9.17, 15) is 0 Å². The molecule has 1 rings (SSSR count). The molecule has 1 heteroatoms. The molecule has 0 saturated heterocycles. The lowest BCUT2D eigenvalue weighted by molar-refractivity contribution is 0.678. The molecule has 0 radical (unpaired) electrons. The smallest absolute Gasteiger partial charge is 0.0391 e. The number of hydrogen-bond donors (Lipinski definition) is 1. The van der Waals surface area contributed by atoms with E-state index in [1.165, 1.54) is 0 Å². The molecule has 1 atom stereocenters. The Labute approximate surface area is 72.7 Å². The minimum atomic E-state index is -2.04. The molecule has 1 aromatic carbocycles. The van der Waals surface area contributed by atoms with Gasteiger partial charge in [0.1, 0.15) is 0 Å². The maximum absolute atomic E-state index is 7.01. The first-order valence-corrected chi connectivity index (χ1v) is 3.79. The van der Waals surface area contributed by atoms with Crippen molar-refractivity contribution < 1.29 is 4.11 Å². The van der Waals surface area contributed by atoms with Gasteiger partial charge in [-0.1, -0.05) is 37.3 Å². The number of benzene rings is 1. The predicted molar refractivity (Wildman–Crippen MR) is 48.8 cm³/mol. The first kappa shape index (κ1) is 4.94. The van der Waals surface area contributed by atoms with E-state index in [2.05, 4.69) is 5.32 Å². The molecule has 0 heterocycles. The quantitative estimate of drug-likeness (QED) is 0.698. The van der Waals surface area contributed by atoms with Crippen LogP contribution in [0, 0.1) is 0 Å². The fourth-order valence-corrected chi connectivity index (χ4v) is 1.05. The Bertz CT molecular complexity index is 268. The van der Waals surface area contributed by atoms with Gasteiger partial charge in [-0.15, -0.1) is 0 Å². The molecule has 0 aromatic heterocycles. The topological polar surface area (TPSA) is 12.0 Å². The van der Waals surface area contributed by atoms with Gasteiger partial charge in [0.05, 0.1) is 0 Å². The van der Waals surface area contributed by atoms with E-state index >= 15 is 0 Å². The molecule has 0 bridgehead atoms. The van der Waals surface area contributed by atoms with Gasteiger partial charge in [0.2, 0.25) is 0 Å². The van der Waals surface area contributed by atoms with Crippen LogP contribution in [0.3, 0.4) is 0 Å². The highest BCUT2D eigenvalue weighted by molar-refractivity contribution is 5.18. The third kappa shape index (κ3) is 2.35.